The van der Waals surface area contributed by atoms with E-state index in [1.54, 1.807) is 11.1 Å². The van der Waals surface area contributed by atoms with Crippen molar-refractivity contribution in [2.45, 2.75) is 27.3 Å². The van der Waals surface area contributed by atoms with Gasteiger partial charge >= 0.3 is 0 Å². The van der Waals surface area contributed by atoms with Crippen molar-refractivity contribution in [1.82, 2.24) is 9.47 Å². The van der Waals surface area contributed by atoms with Crippen LogP contribution in [0.2, 0.25) is 0 Å². The Morgan fingerprint density at radius 2 is 2.00 bits per heavy atom. The summed E-state index contributed by atoms with van der Waals surface area (Å²) in [6.45, 7) is 7.20. The van der Waals surface area contributed by atoms with E-state index in [9.17, 15) is 9.59 Å². The SMILES string of the molecule is CCN(CC)C(=O)Cn1ccc(C)cc1=O. The topological polar surface area (TPSA) is 42.3 Å². The Morgan fingerprint density at radius 3 is 2.50 bits per heavy atom. The van der Waals surface area contributed by atoms with Crippen LogP contribution >= 0.6 is 0 Å². The smallest absolute Gasteiger partial charge is 0.251 e. The molecule has 1 rings (SSSR count). The third-order valence-electron chi connectivity index (χ3n) is 2.57. The van der Waals surface area contributed by atoms with Crippen LogP contribution in [0.15, 0.2) is 23.1 Å². The molecule has 0 fully saturated rings. The molecule has 0 aliphatic rings. The van der Waals surface area contributed by atoms with Crippen LogP contribution in [0.25, 0.3) is 0 Å². The maximum atomic E-state index is 11.8. The van der Waals surface area contributed by atoms with Gasteiger partial charge in [-0.2, -0.15) is 0 Å². The number of hydrogen-bond donors (Lipinski definition) is 0. The van der Waals surface area contributed by atoms with Crippen LogP contribution < -0.4 is 5.56 Å². The van der Waals surface area contributed by atoms with Gasteiger partial charge in [-0.25, -0.2) is 0 Å². The molecule has 1 aromatic rings. The molecular weight excluding hydrogens is 204 g/mol. The number of amides is 1. The van der Waals surface area contributed by atoms with Crippen LogP contribution in [-0.4, -0.2) is 28.5 Å². The van der Waals surface area contributed by atoms with E-state index in [0.29, 0.717) is 13.1 Å². The Morgan fingerprint density at radius 1 is 1.38 bits per heavy atom. The fourth-order valence-electron chi connectivity index (χ4n) is 1.56. The summed E-state index contributed by atoms with van der Waals surface area (Å²) in [5.74, 6) is -0.0176. The summed E-state index contributed by atoms with van der Waals surface area (Å²) in [7, 11) is 0. The lowest BCUT2D eigenvalue weighted by molar-refractivity contribution is -0.131. The number of likely N-dealkylation sites (N-methyl/N-ethyl adjacent to an activating group) is 1. The van der Waals surface area contributed by atoms with Crippen LogP contribution in [0.5, 0.6) is 0 Å². The van der Waals surface area contributed by atoms with Crippen molar-refractivity contribution in [1.29, 1.82) is 0 Å². The quantitative estimate of drug-likeness (QED) is 0.763. The minimum absolute atomic E-state index is 0.0176. The maximum absolute atomic E-state index is 11.8. The van der Waals surface area contributed by atoms with Crippen molar-refractivity contribution in [3.05, 3.63) is 34.2 Å². The first-order valence-electron chi connectivity index (χ1n) is 5.53. The number of nitrogens with zero attached hydrogens (tertiary/aromatic N) is 2. The number of aryl methyl sites for hydroxylation is 1. The molecule has 4 heteroatoms. The van der Waals surface area contributed by atoms with Gasteiger partial charge in [0.15, 0.2) is 0 Å². The van der Waals surface area contributed by atoms with Crippen molar-refractivity contribution < 1.29 is 4.79 Å². The molecule has 1 heterocycles. The number of hydrogen-bond acceptors (Lipinski definition) is 2. The number of pyridine rings is 1. The monoisotopic (exact) mass is 222 g/mol. The molecule has 0 unspecified atom stereocenters. The minimum Gasteiger partial charge on any atom is -0.342 e. The summed E-state index contributed by atoms with van der Waals surface area (Å²) >= 11 is 0. The summed E-state index contributed by atoms with van der Waals surface area (Å²) in [5, 5.41) is 0. The van der Waals surface area contributed by atoms with Crippen LogP contribution in [0.1, 0.15) is 19.4 Å². The first-order valence-corrected chi connectivity index (χ1v) is 5.53. The molecule has 0 saturated carbocycles. The second kappa shape index (κ2) is 5.49. The molecule has 0 aliphatic carbocycles. The molecule has 0 aliphatic heterocycles. The van der Waals surface area contributed by atoms with Crippen molar-refractivity contribution in [3.8, 4) is 0 Å². The second-order valence-electron chi connectivity index (χ2n) is 3.74. The third-order valence-corrected chi connectivity index (χ3v) is 2.57. The summed E-state index contributed by atoms with van der Waals surface area (Å²) < 4.78 is 1.44. The van der Waals surface area contributed by atoms with Gasteiger partial charge in [0.25, 0.3) is 5.56 Å². The first kappa shape index (κ1) is 12.5. The van der Waals surface area contributed by atoms with Gasteiger partial charge in [0.2, 0.25) is 5.91 Å². The highest BCUT2D eigenvalue weighted by Gasteiger charge is 2.10. The van der Waals surface area contributed by atoms with Crippen molar-refractivity contribution in [2.24, 2.45) is 0 Å². The van der Waals surface area contributed by atoms with E-state index in [2.05, 4.69) is 0 Å². The summed E-state index contributed by atoms with van der Waals surface area (Å²) in [6.07, 6.45) is 1.67. The zero-order valence-electron chi connectivity index (χ0n) is 10.1. The lowest BCUT2D eigenvalue weighted by atomic mass is 10.3. The Kier molecular flexibility index (Phi) is 4.28. The first-order chi connectivity index (χ1) is 7.58. The van der Waals surface area contributed by atoms with E-state index in [-0.39, 0.29) is 18.0 Å². The summed E-state index contributed by atoms with van der Waals surface area (Å²) in [4.78, 5) is 25.1. The van der Waals surface area contributed by atoms with E-state index < -0.39 is 0 Å². The molecule has 16 heavy (non-hydrogen) atoms. The molecule has 0 N–H and O–H groups in total. The Hall–Kier alpha value is -1.58. The van der Waals surface area contributed by atoms with Crippen LogP contribution in [0, 0.1) is 6.92 Å². The molecule has 0 aromatic carbocycles. The standard InChI is InChI=1S/C12H18N2O2/c1-4-13(5-2)12(16)9-14-7-6-10(3)8-11(14)15/h6-8H,4-5,9H2,1-3H3. The van der Waals surface area contributed by atoms with Gasteiger partial charge in [-0.1, -0.05) is 0 Å². The van der Waals surface area contributed by atoms with Gasteiger partial charge in [0.1, 0.15) is 6.54 Å². The number of carbonyl (C=O) groups excluding carboxylic acids is 1. The molecule has 4 nitrogen and oxygen atoms in total. The Labute approximate surface area is 95.5 Å². The summed E-state index contributed by atoms with van der Waals surface area (Å²) in [5.41, 5.74) is 0.789. The fourth-order valence-corrected chi connectivity index (χ4v) is 1.56. The highest BCUT2D eigenvalue weighted by Crippen LogP contribution is 1.94. The van der Waals surface area contributed by atoms with Gasteiger partial charge in [0.05, 0.1) is 0 Å². The number of carbonyl (C=O) groups is 1. The molecule has 0 radical (unpaired) electrons. The fraction of sp³-hybridized carbons (Fsp3) is 0.500. The molecule has 1 aromatic heterocycles. The summed E-state index contributed by atoms with van der Waals surface area (Å²) in [6, 6.07) is 3.37. The molecular formula is C12H18N2O2. The van der Waals surface area contributed by atoms with Gasteiger partial charge < -0.3 is 9.47 Å². The lowest BCUT2D eigenvalue weighted by Crippen LogP contribution is -2.36. The zero-order chi connectivity index (χ0) is 12.1. The van der Waals surface area contributed by atoms with Crippen LogP contribution in [0.3, 0.4) is 0 Å². The Balaban J connectivity index is 2.81. The van der Waals surface area contributed by atoms with E-state index in [4.69, 9.17) is 0 Å². The maximum Gasteiger partial charge on any atom is 0.251 e. The average molecular weight is 222 g/mol. The van der Waals surface area contributed by atoms with Gasteiger partial charge in [0, 0.05) is 25.4 Å². The average Bonchev–Trinajstić information content (AvgIpc) is 2.24. The van der Waals surface area contributed by atoms with Gasteiger partial charge in [-0.15, -0.1) is 0 Å². The van der Waals surface area contributed by atoms with Crippen molar-refractivity contribution >= 4 is 5.91 Å². The van der Waals surface area contributed by atoms with Gasteiger partial charge in [-0.05, 0) is 32.4 Å². The highest BCUT2D eigenvalue weighted by atomic mass is 16.2. The molecule has 88 valence electrons. The van der Waals surface area contributed by atoms with Crippen LogP contribution in [-0.2, 0) is 11.3 Å². The van der Waals surface area contributed by atoms with Crippen LogP contribution in [0.4, 0.5) is 0 Å². The normalized spacial score (nSPS) is 10.2. The lowest BCUT2D eigenvalue weighted by Gasteiger charge is -2.19. The number of aromatic nitrogens is 1. The predicted molar refractivity (Wildman–Crippen MR) is 63.4 cm³/mol. The highest BCUT2D eigenvalue weighted by molar-refractivity contribution is 5.75. The molecule has 0 saturated heterocycles. The minimum atomic E-state index is -0.125. The van der Waals surface area contributed by atoms with Gasteiger partial charge in [-0.3, -0.25) is 9.59 Å². The second-order valence-corrected chi connectivity index (χ2v) is 3.74. The number of rotatable bonds is 4. The third kappa shape index (κ3) is 2.95. The molecule has 0 spiro atoms. The van der Waals surface area contributed by atoms with E-state index in [1.165, 1.54) is 10.6 Å². The van der Waals surface area contributed by atoms with Crippen molar-refractivity contribution in [2.75, 3.05) is 13.1 Å². The zero-order valence-corrected chi connectivity index (χ0v) is 10.1. The van der Waals surface area contributed by atoms with E-state index >= 15 is 0 Å². The van der Waals surface area contributed by atoms with Crippen molar-refractivity contribution in [3.63, 3.8) is 0 Å². The Bertz CT molecular complexity index is 419. The predicted octanol–water partition coefficient (Wildman–Crippen LogP) is 1.03. The van der Waals surface area contributed by atoms with E-state index in [0.717, 1.165) is 5.56 Å². The molecule has 0 atom stereocenters. The van der Waals surface area contributed by atoms with E-state index in [1.807, 2.05) is 26.8 Å². The molecule has 1 amide bonds. The largest absolute Gasteiger partial charge is 0.342 e. The molecule has 0 bridgehead atoms.